The topological polar surface area (TPSA) is 3.24 Å². The van der Waals surface area contributed by atoms with Crippen molar-refractivity contribution >= 4 is 0 Å². The molecule has 1 spiro atoms. The van der Waals surface area contributed by atoms with E-state index in [1.54, 1.807) is 0 Å². The third-order valence-electron chi connectivity index (χ3n) is 3.43. The molecule has 13 heavy (non-hydrogen) atoms. The minimum Gasteiger partial charge on any atom is -0.298 e. The maximum atomic E-state index is 2.66. The summed E-state index contributed by atoms with van der Waals surface area (Å²) in [6, 6.07) is 1.60. The van der Waals surface area contributed by atoms with Gasteiger partial charge in [0.25, 0.3) is 0 Å². The third kappa shape index (κ3) is 2.25. The monoisotopic (exact) mass is 183 g/mol. The molecule has 2 aliphatic rings. The molecular weight excluding hydrogens is 158 g/mol. The molecule has 1 heterocycles. The molecule has 1 nitrogen and oxygen atoms in total. The van der Waals surface area contributed by atoms with E-state index in [0.29, 0.717) is 0 Å². The summed E-state index contributed by atoms with van der Waals surface area (Å²) >= 11 is 0. The summed E-state index contributed by atoms with van der Waals surface area (Å²) in [5.74, 6) is 0. The van der Waals surface area contributed by atoms with Crippen LogP contribution in [0.5, 0.6) is 0 Å². The fourth-order valence-corrected chi connectivity index (χ4v) is 2.58. The zero-order chi connectivity index (χ0) is 10.1. The number of likely N-dealkylation sites (tertiary alicyclic amines) is 1. The van der Waals surface area contributed by atoms with Crippen molar-refractivity contribution in [2.24, 2.45) is 5.41 Å². The normalized spacial score (nSPS) is 30.5. The van der Waals surface area contributed by atoms with Crippen LogP contribution < -0.4 is 0 Å². The predicted octanol–water partition coefficient (Wildman–Crippen LogP) is 3.30. The fourth-order valence-electron chi connectivity index (χ4n) is 2.58. The van der Waals surface area contributed by atoms with Gasteiger partial charge in [-0.25, -0.2) is 0 Å². The average Bonchev–Trinajstić information content (AvgIpc) is 2.74. The molecule has 2 rings (SSSR count). The van der Waals surface area contributed by atoms with E-state index >= 15 is 0 Å². The molecular formula is C12H25N. The zero-order valence-corrected chi connectivity index (χ0v) is 9.93. The van der Waals surface area contributed by atoms with Crippen molar-refractivity contribution in [3.8, 4) is 0 Å². The van der Waals surface area contributed by atoms with Gasteiger partial charge in [-0.3, -0.25) is 4.90 Å². The Morgan fingerprint density at radius 1 is 1.23 bits per heavy atom. The first kappa shape index (κ1) is 11.0. The molecule has 0 bridgehead atoms. The van der Waals surface area contributed by atoms with E-state index in [0.717, 1.165) is 17.5 Å². The molecule has 1 aliphatic heterocycles. The lowest BCUT2D eigenvalue weighted by molar-refractivity contribution is 0.210. The first-order chi connectivity index (χ1) is 6.13. The van der Waals surface area contributed by atoms with Crippen LogP contribution >= 0.6 is 0 Å². The quantitative estimate of drug-likeness (QED) is 0.603. The van der Waals surface area contributed by atoms with E-state index in [9.17, 15) is 0 Å². The summed E-state index contributed by atoms with van der Waals surface area (Å²) in [6.07, 6.45) is 4.46. The van der Waals surface area contributed by atoms with Crippen LogP contribution in [0.2, 0.25) is 0 Å². The molecule has 0 N–H and O–H groups in total. The van der Waals surface area contributed by atoms with Gasteiger partial charge in [-0.2, -0.15) is 0 Å². The molecule has 0 amide bonds. The minimum atomic E-state index is 0.755. The van der Waals surface area contributed by atoms with E-state index < -0.39 is 0 Å². The van der Waals surface area contributed by atoms with Gasteiger partial charge in [0.15, 0.2) is 0 Å². The standard InChI is InChI=1S/C10H19N.C2H6/c1-8(2)11-7-10(4-5-10)6-9(11)3;1-2/h8-9H,4-7H2,1-3H3;1-2H3. The number of nitrogens with zero attached hydrogens (tertiary/aromatic N) is 1. The van der Waals surface area contributed by atoms with Gasteiger partial charge in [0.2, 0.25) is 0 Å². The average molecular weight is 183 g/mol. The third-order valence-corrected chi connectivity index (χ3v) is 3.43. The molecule has 1 saturated carbocycles. The van der Waals surface area contributed by atoms with Gasteiger partial charge in [-0.15, -0.1) is 0 Å². The van der Waals surface area contributed by atoms with E-state index in [1.807, 2.05) is 13.8 Å². The number of rotatable bonds is 1. The van der Waals surface area contributed by atoms with Gasteiger partial charge in [0.05, 0.1) is 0 Å². The van der Waals surface area contributed by atoms with Crippen LogP contribution in [0.4, 0.5) is 0 Å². The Balaban J connectivity index is 0.000000396. The Kier molecular flexibility index (Phi) is 3.39. The van der Waals surface area contributed by atoms with Crippen LogP contribution in [-0.4, -0.2) is 23.5 Å². The second kappa shape index (κ2) is 4.00. The predicted molar refractivity (Wildman–Crippen MR) is 58.9 cm³/mol. The molecule has 2 fully saturated rings. The Morgan fingerprint density at radius 3 is 2.00 bits per heavy atom. The van der Waals surface area contributed by atoms with Crippen LogP contribution in [0.25, 0.3) is 0 Å². The fraction of sp³-hybridized carbons (Fsp3) is 1.00. The molecule has 0 aromatic carbocycles. The van der Waals surface area contributed by atoms with Crippen molar-refractivity contribution in [2.45, 2.75) is 66.0 Å². The Hall–Kier alpha value is -0.0400. The van der Waals surface area contributed by atoms with E-state index in [4.69, 9.17) is 0 Å². The highest BCUT2D eigenvalue weighted by Gasteiger charge is 2.50. The van der Waals surface area contributed by atoms with E-state index in [2.05, 4.69) is 25.7 Å². The summed E-state index contributed by atoms with van der Waals surface area (Å²) in [4.78, 5) is 2.66. The Bertz CT molecular complexity index is 159. The largest absolute Gasteiger partial charge is 0.298 e. The maximum absolute atomic E-state index is 2.66. The van der Waals surface area contributed by atoms with E-state index in [-0.39, 0.29) is 0 Å². The smallest absolute Gasteiger partial charge is 0.00756 e. The summed E-state index contributed by atoms with van der Waals surface area (Å²) in [6.45, 7) is 12.4. The van der Waals surface area contributed by atoms with Gasteiger partial charge in [-0.1, -0.05) is 13.8 Å². The van der Waals surface area contributed by atoms with Gasteiger partial charge in [-0.05, 0) is 45.4 Å². The van der Waals surface area contributed by atoms with Crippen molar-refractivity contribution in [2.75, 3.05) is 6.54 Å². The van der Waals surface area contributed by atoms with Crippen molar-refractivity contribution in [1.29, 1.82) is 0 Å². The number of hydrogen-bond acceptors (Lipinski definition) is 1. The Labute approximate surface area is 83.5 Å². The summed E-state index contributed by atoms with van der Waals surface area (Å²) in [5.41, 5.74) is 0.795. The molecule has 0 radical (unpaired) electrons. The highest BCUT2D eigenvalue weighted by molar-refractivity contribution is 5.03. The van der Waals surface area contributed by atoms with Crippen molar-refractivity contribution in [1.82, 2.24) is 4.90 Å². The molecule has 1 unspecified atom stereocenters. The van der Waals surface area contributed by atoms with Gasteiger partial charge in [0.1, 0.15) is 0 Å². The first-order valence-corrected chi connectivity index (χ1v) is 5.89. The van der Waals surface area contributed by atoms with Crippen LogP contribution in [-0.2, 0) is 0 Å². The SMILES string of the molecule is CC.CC(C)N1CC2(CC2)CC1C. The van der Waals surface area contributed by atoms with Crippen LogP contribution in [0.3, 0.4) is 0 Å². The van der Waals surface area contributed by atoms with E-state index in [1.165, 1.54) is 25.8 Å². The maximum Gasteiger partial charge on any atom is 0.00756 e. The van der Waals surface area contributed by atoms with Gasteiger partial charge >= 0.3 is 0 Å². The lowest BCUT2D eigenvalue weighted by Gasteiger charge is -2.25. The summed E-state index contributed by atoms with van der Waals surface area (Å²) < 4.78 is 0. The molecule has 1 heteroatoms. The minimum absolute atomic E-state index is 0.755. The van der Waals surface area contributed by atoms with Crippen molar-refractivity contribution in [3.05, 3.63) is 0 Å². The lowest BCUT2D eigenvalue weighted by atomic mass is 10.0. The first-order valence-electron chi connectivity index (χ1n) is 5.89. The summed E-state index contributed by atoms with van der Waals surface area (Å²) in [5, 5.41) is 0. The molecule has 78 valence electrons. The lowest BCUT2D eigenvalue weighted by Crippen LogP contribution is -2.33. The second-order valence-corrected chi connectivity index (χ2v) is 4.82. The van der Waals surface area contributed by atoms with Gasteiger partial charge < -0.3 is 0 Å². The number of hydrogen-bond donors (Lipinski definition) is 0. The molecule has 1 saturated heterocycles. The molecule has 1 aliphatic carbocycles. The zero-order valence-electron chi connectivity index (χ0n) is 9.93. The molecule has 0 aromatic rings. The van der Waals surface area contributed by atoms with Crippen molar-refractivity contribution < 1.29 is 0 Å². The summed E-state index contributed by atoms with van der Waals surface area (Å²) in [7, 11) is 0. The highest BCUT2D eigenvalue weighted by atomic mass is 15.2. The van der Waals surface area contributed by atoms with Crippen LogP contribution in [0, 0.1) is 5.41 Å². The Morgan fingerprint density at radius 2 is 1.77 bits per heavy atom. The van der Waals surface area contributed by atoms with Gasteiger partial charge in [0, 0.05) is 18.6 Å². The van der Waals surface area contributed by atoms with Crippen LogP contribution in [0.1, 0.15) is 53.9 Å². The van der Waals surface area contributed by atoms with Crippen LogP contribution in [0.15, 0.2) is 0 Å². The second-order valence-electron chi connectivity index (χ2n) is 4.82. The van der Waals surface area contributed by atoms with Crippen molar-refractivity contribution in [3.63, 3.8) is 0 Å². The molecule has 0 aromatic heterocycles. The highest BCUT2D eigenvalue weighted by Crippen LogP contribution is 2.54. The molecule has 1 atom stereocenters.